The Labute approximate surface area is 156 Å². The van der Waals surface area contributed by atoms with Gasteiger partial charge < -0.3 is 0 Å². The summed E-state index contributed by atoms with van der Waals surface area (Å²) in [5.41, 5.74) is 2.32. The van der Waals surface area contributed by atoms with Gasteiger partial charge in [0.2, 0.25) is 5.91 Å². The minimum absolute atomic E-state index is 0.000897. The average molecular weight is 370 g/mol. The van der Waals surface area contributed by atoms with Gasteiger partial charge >= 0.3 is 0 Å². The van der Waals surface area contributed by atoms with Crippen molar-refractivity contribution in [1.82, 2.24) is 0 Å². The Morgan fingerprint density at radius 2 is 1.85 bits per heavy atom. The van der Waals surface area contributed by atoms with E-state index in [0.717, 1.165) is 0 Å². The number of anilines is 1. The number of carbonyl (C=O) groups is 2. The summed E-state index contributed by atoms with van der Waals surface area (Å²) < 4.78 is 14.4. The molecule has 0 bridgehead atoms. The smallest absolute Gasteiger partial charge is 0.232 e. The van der Waals surface area contributed by atoms with Crippen LogP contribution in [0, 0.1) is 5.82 Å². The zero-order chi connectivity index (χ0) is 18.3. The summed E-state index contributed by atoms with van der Waals surface area (Å²) in [6.07, 6.45) is 1.80. The van der Waals surface area contributed by atoms with Crippen LogP contribution in [0.4, 0.5) is 10.1 Å². The first-order valence-electron chi connectivity index (χ1n) is 8.65. The molecule has 1 heterocycles. The van der Waals surface area contributed by atoms with Crippen molar-refractivity contribution >= 4 is 29.0 Å². The maximum absolute atomic E-state index is 14.4. The van der Waals surface area contributed by atoms with Crippen LogP contribution in [-0.4, -0.2) is 11.7 Å². The Hall–Kier alpha value is -2.46. The van der Waals surface area contributed by atoms with Crippen LogP contribution in [0.15, 0.2) is 59.8 Å². The van der Waals surface area contributed by atoms with E-state index in [1.807, 2.05) is 0 Å². The maximum atomic E-state index is 14.4. The first-order chi connectivity index (χ1) is 12.6. The Bertz CT molecular complexity index is 937. The summed E-state index contributed by atoms with van der Waals surface area (Å²) in [5, 5.41) is 0.524. The number of hydrogen-bond donors (Lipinski definition) is 0. The standard InChI is InChI=1S/C21H17ClFNO2/c22-13-5-3-6-14(11-13)24-18-9-4-10-19(25)21(18)16(12-20(24)26)15-7-1-2-8-17(15)23/h1-3,5-8,11,16H,4,9-10,12H2. The normalized spacial score (nSPS) is 20.4. The average Bonchev–Trinajstić information content (AvgIpc) is 2.61. The Balaban J connectivity index is 1.89. The van der Waals surface area contributed by atoms with Crippen molar-refractivity contribution in [3.63, 3.8) is 0 Å². The van der Waals surface area contributed by atoms with Crippen LogP contribution in [0.5, 0.6) is 0 Å². The van der Waals surface area contributed by atoms with Gasteiger partial charge in [-0.1, -0.05) is 35.9 Å². The van der Waals surface area contributed by atoms with Gasteiger partial charge in [-0.25, -0.2) is 4.39 Å². The molecule has 3 nitrogen and oxygen atoms in total. The lowest BCUT2D eigenvalue weighted by Gasteiger charge is -2.38. The van der Waals surface area contributed by atoms with Crippen LogP contribution in [0.3, 0.4) is 0 Å². The van der Waals surface area contributed by atoms with Crippen molar-refractivity contribution < 1.29 is 14.0 Å². The SMILES string of the molecule is O=C1CCCC2=C1C(c1ccccc1F)CC(=O)N2c1cccc(Cl)c1. The van der Waals surface area contributed by atoms with Crippen molar-refractivity contribution in [1.29, 1.82) is 0 Å². The summed E-state index contributed by atoms with van der Waals surface area (Å²) in [6, 6.07) is 13.4. The number of ketones is 1. The predicted molar refractivity (Wildman–Crippen MR) is 98.6 cm³/mol. The third kappa shape index (κ3) is 2.84. The topological polar surface area (TPSA) is 37.4 Å². The van der Waals surface area contributed by atoms with Crippen molar-refractivity contribution in [2.45, 2.75) is 31.6 Å². The quantitative estimate of drug-likeness (QED) is 0.746. The van der Waals surface area contributed by atoms with E-state index in [1.54, 1.807) is 47.4 Å². The number of amides is 1. The minimum Gasteiger partial charge on any atom is -0.294 e. The number of hydrogen-bond acceptors (Lipinski definition) is 2. The lowest BCUT2D eigenvalue weighted by molar-refractivity contribution is -0.119. The van der Waals surface area contributed by atoms with Gasteiger partial charge in [0.1, 0.15) is 5.82 Å². The predicted octanol–water partition coefficient (Wildman–Crippen LogP) is 5.01. The lowest BCUT2D eigenvalue weighted by Crippen LogP contribution is -2.40. The van der Waals surface area contributed by atoms with Crippen LogP contribution in [0.1, 0.15) is 37.2 Å². The fourth-order valence-electron chi connectivity index (χ4n) is 3.93. The van der Waals surface area contributed by atoms with E-state index in [2.05, 4.69) is 0 Å². The summed E-state index contributed by atoms with van der Waals surface area (Å²) in [5.74, 6) is -1.05. The number of rotatable bonds is 2. The highest BCUT2D eigenvalue weighted by Gasteiger charge is 2.40. The molecule has 2 aromatic rings. The van der Waals surface area contributed by atoms with Crippen molar-refractivity contribution in [3.05, 3.63) is 76.2 Å². The zero-order valence-electron chi connectivity index (χ0n) is 14.0. The molecule has 1 aliphatic carbocycles. The highest BCUT2D eigenvalue weighted by Crippen LogP contribution is 2.44. The molecule has 2 aromatic carbocycles. The van der Waals surface area contributed by atoms with Gasteiger partial charge in [0.05, 0.1) is 5.69 Å². The van der Waals surface area contributed by atoms with Gasteiger partial charge in [-0.2, -0.15) is 0 Å². The molecule has 1 aliphatic heterocycles. The van der Waals surface area contributed by atoms with Crippen LogP contribution in [0.2, 0.25) is 5.02 Å². The van der Waals surface area contributed by atoms with Crippen molar-refractivity contribution in [2.24, 2.45) is 0 Å². The second kappa shape index (κ2) is 6.69. The van der Waals surface area contributed by atoms with E-state index >= 15 is 0 Å². The molecule has 1 amide bonds. The molecule has 2 aliphatic rings. The van der Waals surface area contributed by atoms with Crippen LogP contribution in [-0.2, 0) is 9.59 Å². The van der Waals surface area contributed by atoms with Crippen molar-refractivity contribution in [3.8, 4) is 0 Å². The second-order valence-electron chi connectivity index (χ2n) is 6.62. The molecule has 0 saturated carbocycles. The number of benzene rings is 2. The lowest BCUT2D eigenvalue weighted by atomic mass is 9.77. The molecule has 0 fully saturated rings. The zero-order valence-corrected chi connectivity index (χ0v) is 14.8. The highest BCUT2D eigenvalue weighted by atomic mass is 35.5. The molecule has 132 valence electrons. The van der Waals surface area contributed by atoms with Gasteiger partial charge in [-0.15, -0.1) is 0 Å². The van der Waals surface area contributed by atoms with Crippen LogP contribution in [0.25, 0.3) is 0 Å². The molecule has 1 unspecified atom stereocenters. The van der Waals surface area contributed by atoms with E-state index in [0.29, 0.717) is 46.8 Å². The molecule has 26 heavy (non-hydrogen) atoms. The van der Waals surface area contributed by atoms with Gasteiger partial charge in [0, 0.05) is 35.1 Å². The third-order valence-corrected chi connectivity index (χ3v) is 5.26. The van der Waals surface area contributed by atoms with E-state index in [9.17, 15) is 14.0 Å². The van der Waals surface area contributed by atoms with E-state index in [4.69, 9.17) is 11.6 Å². The fourth-order valence-corrected chi connectivity index (χ4v) is 4.12. The Kier molecular flexibility index (Phi) is 4.37. The second-order valence-corrected chi connectivity index (χ2v) is 7.06. The van der Waals surface area contributed by atoms with Gasteiger partial charge in [0.15, 0.2) is 5.78 Å². The largest absolute Gasteiger partial charge is 0.294 e. The number of Topliss-reactive ketones (excluding diaryl/α,β-unsaturated/α-hetero) is 1. The summed E-state index contributed by atoms with van der Waals surface area (Å²) in [6.45, 7) is 0. The van der Waals surface area contributed by atoms with E-state index in [-0.39, 0.29) is 23.9 Å². The summed E-state index contributed by atoms with van der Waals surface area (Å²) in [7, 11) is 0. The number of carbonyl (C=O) groups excluding carboxylic acids is 2. The molecular formula is C21H17ClFNO2. The molecule has 0 N–H and O–H groups in total. The minimum atomic E-state index is -0.526. The fraction of sp³-hybridized carbons (Fsp3) is 0.238. The van der Waals surface area contributed by atoms with Gasteiger partial charge in [-0.3, -0.25) is 14.5 Å². The molecule has 0 radical (unpaired) electrons. The molecule has 4 rings (SSSR count). The molecule has 1 atom stereocenters. The Morgan fingerprint density at radius 1 is 1.04 bits per heavy atom. The highest BCUT2D eigenvalue weighted by molar-refractivity contribution is 6.31. The first kappa shape index (κ1) is 17.0. The molecule has 0 spiro atoms. The molecular weight excluding hydrogens is 353 g/mol. The molecule has 0 aromatic heterocycles. The Morgan fingerprint density at radius 3 is 2.62 bits per heavy atom. The van der Waals surface area contributed by atoms with Crippen LogP contribution < -0.4 is 4.90 Å². The maximum Gasteiger partial charge on any atom is 0.232 e. The molecule has 5 heteroatoms. The van der Waals surface area contributed by atoms with Gasteiger partial charge in [-0.05, 0) is 42.7 Å². The van der Waals surface area contributed by atoms with E-state index < -0.39 is 5.92 Å². The molecule has 0 saturated heterocycles. The number of allylic oxidation sites excluding steroid dienone is 2. The number of halogens is 2. The monoisotopic (exact) mass is 369 g/mol. The van der Waals surface area contributed by atoms with Crippen LogP contribution >= 0.6 is 11.6 Å². The van der Waals surface area contributed by atoms with E-state index in [1.165, 1.54) is 6.07 Å². The summed E-state index contributed by atoms with van der Waals surface area (Å²) in [4.78, 5) is 27.3. The first-order valence-corrected chi connectivity index (χ1v) is 9.03. The van der Waals surface area contributed by atoms with Gasteiger partial charge in [0.25, 0.3) is 0 Å². The number of nitrogens with zero attached hydrogens (tertiary/aromatic N) is 1. The third-order valence-electron chi connectivity index (χ3n) is 5.02. The summed E-state index contributed by atoms with van der Waals surface area (Å²) >= 11 is 6.09. The van der Waals surface area contributed by atoms with Crippen molar-refractivity contribution in [2.75, 3.05) is 4.90 Å².